The quantitative estimate of drug-likeness (QED) is 0.354. The Kier molecular flexibility index (Phi) is 5.67. The second kappa shape index (κ2) is 8.76. The van der Waals surface area contributed by atoms with Crippen LogP contribution in [-0.4, -0.2) is 41.6 Å². The van der Waals surface area contributed by atoms with Crippen LogP contribution in [0.25, 0.3) is 22.7 Å². The Labute approximate surface area is 193 Å². The molecule has 3 aromatic rings. The third kappa shape index (κ3) is 3.89. The third-order valence-electron chi connectivity index (χ3n) is 5.31. The lowest BCUT2D eigenvalue weighted by Crippen LogP contribution is -2.17. The predicted octanol–water partition coefficient (Wildman–Crippen LogP) is 4.03. The van der Waals surface area contributed by atoms with Crippen molar-refractivity contribution in [1.82, 2.24) is 29.1 Å². The van der Waals surface area contributed by atoms with E-state index in [0.29, 0.717) is 35.8 Å². The zero-order valence-corrected chi connectivity index (χ0v) is 19.2. The Balaban J connectivity index is 1.51. The Morgan fingerprint density at radius 3 is 2.06 bits per heavy atom. The third-order valence-corrected chi connectivity index (χ3v) is 6.80. The smallest absolute Gasteiger partial charge is 0.311 e. The van der Waals surface area contributed by atoms with E-state index in [0.717, 1.165) is 11.1 Å². The van der Waals surface area contributed by atoms with E-state index < -0.39 is 0 Å². The maximum Gasteiger partial charge on any atom is 0.350 e. The van der Waals surface area contributed by atoms with Gasteiger partial charge in [0.05, 0.1) is 19.4 Å². The molecule has 160 valence electrons. The average molecular weight is 461 g/mol. The summed E-state index contributed by atoms with van der Waals surface area (Å²) in [6.07, 6.45) is 7.32. The molecule has 2 aromatic carbocycles. The van der Waals surface area contributed by atoms with Crippen molar-refractivity contribution in [2.45, 2.75) is 22.9 Å². The molecule has 0 unspecified atom stereocenters. The zero-order valence-electron chi connectivity index (χ0n) is 17.6. The molecule has 9 heteroatoms. The van der Waals surface area contributed by atoms with Gasteiger partial charge in [0.15, 0.2) is 11.5 Å². The normalized spacial score (nSPS) is 11.4. The first-order valence-electron chi connectivity index (χ1n) is 9.98. The topological polar surface area (TPSA) is 78.5 Å². The highest BCUT2D eigenvalue weighted by Gasteiger charge is 2.21. The molecule has 1 aromatic heterocycles. The van der Waals surface area contributed by atoms with E-state index in [4.69, 9.17) is 0 Å². The van der Waals surface area contributed by atoms with Crippen molar-refractivity contribution in [3.8, 4) is 11.5 Å². The number of thioether (sulfide) groups is 2. The van der Waals surface area contributed by atoms with E-state index >= 15 is 0 Å². The summed E-state index contributed by atoms with van der Waals surface area (Å²) in [6, 6.07) is 16.5. The van der Waals surface area contributed by atoms with Gasteiger partial charge in [0, 0.05) is 9.79 Å². The fourth-order valence-corrected chi connectivity index (χ4v) is 4.45. The minimum atomic E-state index is -0.337. The van der Waals surface area contributed by atoms with Gasteiger partial charge in [-0.1, -0.05) is 24.3 Å². The second-order valence-electron chi connectivity index (χ2n) is 7.27. The molecule has 0 saturated carbocycles. The maximum atomic E-state index is 12.7. The average Bonchev–Trinajstić information content (AvgIpc) is 3.29. The van der Waals surface area contributed by atoms with Gasteiger partial charge < -0.3 is 4.57 Å². The molecule has 0 spiro atoms. The molecule has 0 aliphatic carbocycles. The van der Waals surface area contributed by atoms with E-state index in [2.05, 4.69) is 50.5 Å². The Morgan fingerprint density at radius 2 is 1.44 bits per heavy atom. The number of nitrogens with zero attached hydrogens (tertiary/aromatic N) is 6. The minimum Gasteiger partial charge on any atom is -0.311 e. The highest BCUT2D eigenvalue weighted by Crippen LogP contribution is 2.24. The molecule has 0 atom stereocenters. The Bertz CT molecular complexity index is 1410. The summed E-state index contributed by atoms with van der Waals surface area (Å²) in [5.41, 5.74) is 3.51. The molecule has 0 amide bonds. The lowest BCUT2D eigenvalue weighted by Gasteiger charge is -2.05. The van der Waals surface area contributed by atoms with Gasteiger partial charge in [0.25, 0.3) is 0 Å². The Morgan fingerprint density at radius 1 is 0.812 bits per heavy atom. The number of hydrogen-bond acceptors (Lipinski definition) is 7. The summed E-state index contributed by atoms with van der Waals surface area (Å²) in [5.74, 6) is 0.487. The standard InChI is InChI=1S/C23H20N6OS2/c1-31-17-7-3-15(4-8-17)11-28-14-26-19-20-22(25-13-24-21(19)28)29(23(30)27-20)12-16-5-9-18(32-2)10-6-16/h3-10,13-14H,11-12H2,1-2H3. The predicted molar refractivity (Wildman–Crippen MR) is 129 cm³/mol. The highest BCUT2D eigenvalue weighted by molar-refractivity contribution is 7.98. The molecule has 7 nitrogen and oxygen atoms in total. The second-order valence-corrected chi connectivity index (χ2v) is 9.03. The van der Waals surface area contributed by atoms with E-state index in [9.17, 15) is 4.79 Å². The fraction of sp³-hybridized carbons (Fsp3) is 0.174. The van der Waals surface area contributed by atoms with E-state index in [1.54, 1.807) is 34.4 Å². The van der Waals surface area contributed by atoms with Crippen LogP contribution in [-0.2, 0) is 13.1 Å². The number of fused-ring (bicyclic) bond motifs is 3. The van der Waals surface area contributed by atoms with Crippen LogP contribution in [0.1, 0.15) is 11.1 Å². The van der Waals surface area contributed by atoms with Gasteiger partial charge in [-0.05, 0) is 47.9 Å². The lowest BCUT2D eigenvalue weighted by molar-refractivity contribution is 0.757. The van der Waals surface area contributed by atoms with Crippen LogP contribution in [0.4, 0.5) is 0 Å². The largest absolute Gasteiger partial charge is 0.350 e. The molecule has 3 heterocycles. The molecule has 2 aliphatic heterocycles. The number of aromatic nitrogens is 6. The van der Waals surface area contributed by atoms with Crippen molar-refractivity contribution in [1.29, 1.82) is 0 Å². The van der Waals surface area contributed by atoms with E-state index in [1.807, 2.05) is 35.1 Å². The first kappa shape index (κ1) is 20.7. The molecular formula is C23H20N6OS2. The Hall–Kier alpha value is -3.17. The van der Waals surface area contributed by atoms with Crippen molar-refractivity contribution in [3.05, 3.63) is 82.8 Å². The number of hydrogen-bond donors (Lipinski definition) is 0. The SMILES string of the molecule is CSc1ccc(Cn2c3ncnc4c(ncn4Cc4ccc(SC)cc4)c-3nc2=O)cc1. The molecule has 0 saturated heterocycles. The highest BCUT2D eigenvalue weighted by atomic mass is 32.2. The summed E-state index contributed by atoms with van der Waals surface area (Å²) in [5, 5.41) is 0. The van der Waals surface area contributed by atoms with Gasteiger partial charge in [-0.3, -0.25) is 4.57 Å². The van der Waals surface area contributed by atoms with Crippen LogP contribution in [0.15, 0.2) is 75.8 Å². The molecule has 0 N–H and O–H groups in total. The van der Waals surface area contributed by atoms with Crippen LogP contribution in [0.3, 0.4) is 0 Å². The van der Waals surface area contributed by atoms with E-state index in [-0.39, 0.29) is 5.69 Å². The van der Waals surface area contributed by atoms with Crippen molar-refractivity contribution in [2.24, 2.45) is 0 Å². The van der Waals surface area contributed by atoms with Crippen LogP contribution < -0.4 is 5.69 Å². The minimum absolute atomic E-state index is 0.337. The summed E-state index contributed by atoms with van der Waals surface area (Å²) in [4.78, 5) is 32.9. The number of imidazole rings is 2. The van der Waals surface area contributed by atoms with Gasteiger partial charge in [-0.2, -0.15) is 4.98 Å². The molecule has 0 fully saturated rings. The van der Waals surface area contributed by atoms with Gasteiger partial charge in [-0.25, -0.2) is 19.7 Å². The van der Waals surface area contributed by atoms with Crippen LogP contribution >= 0.6 is 23.5 Å². The monoisotopic (exact) mass is 460 g/mol. The van der Waals surface area contributed by atoms with Gasteiger partial charge >= 0.3 is 5.69 Å². The van der Waals surface area contributed by atoms with E-state index in [1.165, 1.54) is 16.1 Å². The lowest BCUT2D eigenvalue weighted by atomic mass is 10.2. The first-order chi connectivity index (χ1) is 15.7. The summed E-state index contributed by atoms with van der Waals surface area (Å²) in [7, 11) is 0. The molecule has 0 radical (unpaired) electrons. The molecule has 5 rings (SSSR count). The molecule has 32 heavy (non-hydrogen) atoms. The molecule has 0 bridgehead atoms. The summed E-state index contributed by atoms with van der Waals surface area (Å²) in [6.45, 7) is 1.02. The van der Waals surface area contributed by atoms with Crippen molar-refractivity contribution >= 4 is 34.7 Å². The van der Waals surface area contributed by atoms with Crippen LogP contribution in [0.5, 0.6) is 0 Å². The molecular weight excluding hydrogens is 440 g/mol. The number of rotatable bonds is 6. The van der Waals surface area contributed by atoms with Crippen molar-refractivity contribution in [3.63, 3.8) is 0 Å². The van der Waals surface area contributed by atoms with Crippen molar-refractivity contribution < 1.29 is 0 Å². The maximum absolute atomic E-state index is 12.7. The van der Waals surface area contributed by atoms with Crippen LogP contribution in [0, 0.1) is 0 Å². The van der Waals surface area contributed by atoms with Crippen molar-refractivity contribution in [2.75, 3.05) is 12.5 Å². The fourth-order valence-electron chi connectivity index (χ4n) is 3.63. The summed E-state index contributed by atoms with van der Waals surface area (Å²) < 4.78 is 3.53. The summed E-state index contributed by atoms with van der Waals surface area (Å²) >= 11 is 3.40. The van der Waals surface area contributed by atoms with Gasteiger partial charge in [-0.15, -0.1) is 23.5 Å². The number of benzene rings is 2. The first-order valence-corrected chi connectivity index (χ1v) is 12.4. The zero-order chi connectivity index (χ0) is 22.1. The van der Waals surface area contributed by atoms with Gasteiger partial charge in [0.1, 0.15) is 17.5 Å². The van der Waals surface area contributed by atoms with Crippen LogP contribution in [0.2, 0.25) is 0 Å². The van der Waals surface area contributed by atoms with Gasteiger partial charge in [0.2, 0.25) is 0 Å². The molecule has 2 aliphatic rings.